The zero-order valence-corrected chi connectivity index (χ0v) is 22.6. The number of amides is 2. The number of benzene rings is 2. The number of nitrogens with one attached hydrogen (secondary N) is 1. The van der Waals surface area contributed by atoms with Gasteiger partial charge < -0.3 is 10.2 Å². The first-order valence-corrected chi connectivity index (χ1v) is 14.4. The van der Waals surface area contributed by atoms with E-state index in [1.54, 1.807) is 13.0 Å². The SMILES string of the molecule is Cc1ccccc1CN(C(=O)CN(c1cccc(C(F)(F)F)c1)S(C)(=O)=O)[C@@H](C)C(=O)NC1CCCCC1. The monoisotopic (exact) mass is 553 g/mol. The predicted octanol–water partition coefficient (Wildman–Crippen LogP) is 4.65. The van der Waals surface area contributed by atoms with Gasteiger partial charge in [0.1, 0.15) is 12.6 Å². The standard InChI is InChI=1S/C27H34F3N3O4S/c1-19-10-7-8-11-21(19)17-32(20(2)26(35)31-23-13-5-4-6-14-23)25(34)18-33(38(3,36)37)24-15-9-12-22(16-24)27(28,29)30/h7-12,15-16,20,23H,4-6,13-14,17-18H2,1-3H3,(H,31,35)/t20-/m0/s1. The first-order valence-electron chi connectivity index (χ1n) is 12.6. The van der Waals surface area contributed by atoms with Gasteiger partial charge in [0, 0.05) is 12.6 Å². The topological polar surface area (TPSA) is 86.8 Å². The Labute approximate surface area is 222 Å². The minimum absolute atomic E-state index is 0.00624. The smallest absolute Gasteiger partial charge is 0.352 e. The lowest BCUT2D eigenvalue weighted by molar-refractivity contribution is -0.139. The Kier molecular flexibility index (Phi) is 9.45. The second-order valence-corrected chi connectivity index (χ2v) is 11.7. The second kappa shape index (κ2) is 12.2. The van der Waals surface area contributed by atoms with Gasteiger partial charge in [-0.1, -0.05) is 49.6 Å². The van der Waals surface area contributed by atoms with Crippen molar-refractivity contribution in [1.82, 2.24) is 10.2 Å². The summed E-state index contributed by atoms with van der Waals surface area (Å²) in [7, 11) is -4.14. The number of carbonyl (C=O) groups is 2. The molecule has 7 nitrogen and oxygen atoms in total. The van der Waals surface area contributed by atoms with Crippen LogP contribution in [-0.2, 0) is 32.3 Å². The molecule has 1 saturated carbocycles. The summed E-state index contributed by atoms with van der Waals surface area (Å²) in [5, 5.41) is 3.00. The summed E-state index contributed by atoms with van der Waals surface area (Å²) < 4.78 is 65.8. The first kappa shape index (κ1) is 29.5. The number of anilines is 1. The van der Waals surface area contributed by atoms with Crippen LogP contribution in [0.25, 0.3) is 0 Å². The lowest BCUT2D eigenvalue weighted by Crippen LogP contribution is -2.53. The first-order chi connectivity index (χ1) is 17.8. The molecule has 0 unspecified atom stereocenters. The number of alkyl halides is 3. The molecule has 1 atom stereocenters. The van der Waals surface area contributed by atoms with E-state index in [2.05, 4.69) is 5.32 Å². The second-order valence-electron chi connectivity index (χ2n) is 9.79. The summed E-state index contributed by atoms with van der Waals surface area (Å²) in [6.45, 7) is 2.71. The molecule has 0 radical (unpaired) electrons. The number of sulfonamides is 1. The van der Waals surface area contributed by atoms with Crippen LogP contribution < -0.4 is 9.62 Å². The summed E-state index contributed by atoms with van der Waals surface area (Å²) in [6, 6.07) is 10.2. The molecule has 208 valence electrons. The fraction of sp³-hybridized carbons (Fsp3) is 0.481. The highest BCUT2D eigenvalue weighted by Gasteiger charge is 2.34. The average Bonchev–Trinajstić information content (AvgIpc) is 2.85. The van der Waals surface area contributed by atoms with Gasteiger partial charge in [-0.3, -0.25) is 13.9 Å². The van der Waals surface area contributed by atoms with Gasteiger partial charge >= 0.3 is 6.18 Å². The Morgan fingerprint density at radius 1 is 1.05 bits per heavy atom. The Morgan fingerprint density at radius 3 is 2.32 bits per heavy atom. The molecule has 2 amide bonds. The molecule has 0 aliphatic heterocycles. The lowest BCUT2D eigenvalue weighted by atomic mass is 9.95. The van der Waals surface area contributed by atoms with Gasteiger partial charge in [-0.25, -0.2) is 8.42 Å². The molecule has 1 N–H and O–H groups in total. The highest BCUT2D eigenvalue weighted by molar-refractivity contribution is 7.92. The Balaban J connectivity index is 1.92. The summed E-state index contributed by atoms with van der Waals surface area (Å²) >= 11 is 0. The van der Waals surface area contributed by atoms with Crippen molar-refractivity contribution in [3.63, 3.8) is 0 Å². The highest BCUT2D eigenvalue weighted by atomic mass is 32.2. The molecule has 11 heteroatoms. The van der Waals surface area contributed by atoms with Gasteiger partial charge in [-0.15, -0.1) is 0 Å². The van der Waals surface area contributed by atoms with Gasteiger partial charge in [0.2, 0.25) is 21.8 Å². The van der Waals surface area contributed by atoms with Crippen molar-refractivity contribution in [2.24, 2.45) is 0 Å². The average molecular weight is 554 g/mol. The van der Waals surface area contributed by atoms with Crippen molar-refractivity contribution in [1.29, 1.82) is 0 Å². The Morgan fingerprint density at radius 2 is 1.71 bits per heavy atom. The van der Waals surface area contributed by atoms with E-state index in [0.717, 1.165) is 61.6 Å². The number of aryl methyl sites for hydroxylation is 1. The molecule has 0 spiro atoms. The minimum Gasteiger partial charge on any atom is -0.352 e. The molecule has 2 aromatic rings. The normalized spacial score (nSPS) is 15.5. The number of halogens is 3. The maximum atomic E-state index is 13.6. The van der Waals surface area contributed by atoms with Crippen LogP contribution in [0.2, 0.25) is 0 Å². The summed E-state index contributed by atoms with van der Waals surface area (Å²) in [5.74, 6) is -1.06. The van der Waals surface area contributed by atoms with Crippen LogP contribution in [0.4, 0.5) is 18.9 Å². The van der Waals surface area contributed by atoms with Crippen LogP contribution in [-0.4, -0.2) is 50.0 Å². The highest BCUT2D eigenvalue weighted by Crippen LogP contribution is 2.32. The van der Waals surface area contributed by atoms with Crippen LogP contribution >= 0.6 is 0 Å². The van der Waals surface area contributed by atoms with E-state index >= 15 is 0 Å². The van der Waals surface area contributed by atoms with E-state index in [0.29, 0.717) is 10.4 Å². The van der Waals surface area contributed by atoms with Crippen molar-refractivity contribution in [2.75, 3.05) is 17.1 Å². The van der Waals surface area contributed by atoms with Gasteiger partial charge in [0.05, 0.1) is 17.5 Å². The molecule has 1 fully saturated rings. The molecular formula is C27H34F3N3O4S. The maximum absolute atomic E-state index is 13.6. The number of nitrogens with zero attached hydrogens (tertiary/aromatic N) is 2. The minimum atomic E-state index is -4.69. The molecule has 3 rings (SSSR count). The quantitative estimate of drug-likeness (QED) is 0.490. The molecule has 0 bridgehead atoms. The van der Waals surface area contributed by atoms with E-state index in [4.69, 9.17) is 0 Å². The molecule has 38 heavy (non-hydrogen) atoms. The molecule has 2 aromatic carbocycles. The molecule has 1 aliphatic rings. The van der Waals surface area contributed by atoms with E-state index in [9.17, 15) is 31.2 Å². The van der Waals surface area contributed by atoms with Crippen LogP contribution in [0.1, 0.15) is 55.7 Å². The summed E-state index contributed by atoms with van der Waals surface area (Å²) in [6.07, 6.45) is 0.952. The molecule has 1 aliphatic carbocycles. The fourth-order valence-electron chi connectivity index (χ4n) is 4.57. The van der Waals surface area contributed by atoms with Gasteiger partial charge in [0.15, 0.2) is 0 Å². The maximum Gasteiger partial charge on any atom is 0.416 e. The summed E-state index contributed by atoms with van der Waals surface area (Å²) in [5.41, 5.74) is 0.324. The lowest BCUT2D eigenvalue weighted by Gasteiger charge is -2.33. The fourth-order valence-corrected chi connectivity index (χ4v) is 5.41. The summed E-state index contributed by atoms with van der Waals surface area (Å²) in [4.78, 5) is 28.1. The molecule has 0 aromatic heterocycles. The van der Waals surface area contributed by atoms with Crippen LogP contribution in [0, 0.1) is 6.92 Å². The van der Waals surface area contributed by atoms with Crippen LogP contribution in [0.5, 0.6) is 0 Å². The van der Waals surface area contributed by atoms with Crippen molar-refractivity contribution in [3.8, 4) is 0 Å². The number of hydrogen-bond acceptors (Lipinski definition) is 4. The number of hydrogen-bond donors (Lipinski definition) is 1. The van der Waals surface area contributed by atoms with Gasteiger partial charge in [0.25, 0.3) is 0 Å². The third-order valence-electron chi connectivity index (χ3n) is 6.86. The largest absolute Gasteiger partial charge is 0.416 e. The van der Waals surface area contributed by atoms with Crippen molar-refractivity contribution >= 4 is 27.5 Å². The van der Waals surface area contributed by atoms with Crippen LogP contribution in [0.15, 0.2) is 48.5 Å². The number of carbonyl (C=O) groups excluding carboxylic acids is 2. The van der Waals surface area contributed by atoms with Gasteiger partial charge in [-0.2, -0.15) is 13.2 Å². The van der Waals surface area contributed by atoms with E-state index < -0.39 is 40.3 Å². The van der Waals surface area contributed by atoms with Crippen LogP contribution in [0.3, 0.4) is 0 Å². The Bertz CT molecular complexity index is 1240. The van der Waals surface area contributed by atoms with E-state index in [1.807, 2.05) is 25.1 Å². The van der Waals surface area contributed by atoms with Gasteiger partial charge in [-0.05, 0) is 56.0 Å². The third-order valence-corrected chi connectivity index (χ3v) is 8.00. The zero-order valence-electron chi connectivity index (χ0n) is 21.8. The van der Waals surface area contributed by atoms with E-state index in [-0.39, 0.29) is 24.2 Å². The molecule has 0 heterocycles. The van der Waals surface area contributed by atoms with Crippen molar-refractivity contribution in [3.05, 3.63) is 65.2 Å². The van der Waals surface area contributed by atoms with Crippen molar-refractivity contribution in [2.45, 2.75) is 70.8 Å². The molecule has 0 saturated heterocycles. The Hall–Kier alpha value is -3.08. The number of rotatable bonds is 9. The van der Waals surface area contributed by atoms with E-state index in [1.165, 1.54) is 11.0 Å². The predicted molar refractivity (Wildman–Crippen MR) is 140 cm³/mol. The molecular weight excluding hydrogens is 519 g/mol. The van der Waals surface area contributed by atoms with Crippen molar-refractivity contribution < 1.29 is 31.2 Å². The zero-order chi connectivity index (χ0) is 28.1. The third kappa shape index (κ3) is 7.72.